The van der Waals surface area contributed by atoms with Crippen molar-refractivity contribution in [3.8, 4) is 23.1 Å². The first-order valence-electron chi connectivity index (χ1n) is 9.41. The Morgan fingerprint density at radius 1 is 1.00 bits per heavy atom. The second kappa shape index (κ2) is 9.13. The Hall–Kier alpha value is -3.81. The van der Waals surface area contributed by atoms with Gasteiger partial charge >= 0.3 is 0 Å². The zero-order valence-electron chi connectivity index (χ0n) is 16.4. The van der Waals surface area contributed by atoms with Crippen LogP contribution in [-0.4, -0.2) is 24.8 Å². The number of pyridine rings is 1. The van der Waals surface area contributed by atoms with E-state index in [1.54, 1.807) is 25.4 Å². The number of fused-ring (bicyclic) bond motifs is 1. The molecule has 4 rings (SSSR count). The second-order valence-electron chi connectivity index (χ2n) is 6.53. The van der Waals surface area contributed by atoms with Crippen LogP contribution in [0.5, 0.6) is 23.1 Å². The molecular weight excluding hydrogens is 387 g/mol. The first-order valence-corrected chi connectivity index (χ1v) is 9.41. The molecule has 154 valence electrons. The van der Waals surface area contributed by atoms with Crippen molar-refractivity contribution in [2.24, 2.45) is 4.99 Å². The van der Waals surface area contributed by atoms with Crippen LogP contribution in [0.1, 0.15) is 11.1 Å². The Morgan fingerprint density at radius 2 is 1.73 bits per heavy atom. The summed E-state index contributed by atoms with van der Waals surface area (Å²) in [6, 6.07) is 15.3. The van der Waals surface area contributed by atoms with Crippen molar-refractivity contribution in [3.63, 3.8) is 0 Å². The molecule has 0 unspecified atom stereocenters. The predicted octanol–water partition coefficient (Wildman–Crippen LogP) is 3.61. The minimum Gasteiger partial charge on any atom is -0.454 e. The lowest BCUT2D eigenvalue weighted by Crippen LogP contribution is -2.36. The molecule has 0 fully saturated rings. The van der Waals surface area contributed by atoms with Gasteiger partial charge in [-0.3, -0.25) is 4.99 Å². The molecule has 0 saturated heterocycles. The maximum absolute atomic E-state index is 13.0. The Balaban J connectivity index is 1.31. The molecule has 1 aliphatic heterocycles. The van der Waals surface area contributed by atoms with Crippen LogP contribution in [0.3, 0.4) is 0 Å². The number of nitrogens with one attached hydrogen (secondary N) is 2. The highest BCUT2D eigenvalue weighted by Crippen LogP contribution is 2.32. The van der Waals surface area contributed by atoms with Crippen molar-refractivity contribution in [1.29, 1.82) is 0 Å². The van der Waals surface area contributed by atoms with Crippen LogP contribution in [0.15, 0.2) is 65.8 Å². The molecule has 30 heavy (non-hydrogen) atoms. The number of halogens is 1. The molecule has 3 aromatic rings. The summed E-state index contributed by atoms with van der Waals surface area (Å²) in [6.07, 6.45) is 1.67. The highest BCUT2D eigenvalue weighted by Gasteiger charge is 2.13. The van der Waals surface area contributed by atoms with Crippen LogP contribution < -0.4 is 24.8 Å². The highest BCUT2D eigenvalue weighted by molar-refractivity contribution is 5.79. The van der Waals surface area contributed by atoms with Gasteiger partial charge < -0.3 is 24.8 Å². The molecule has 0 saturated carbocycles. The van der Waals surface area contributed by atoms with E-state index in [1.807, 2.05) is 30.3 Å². The molecular formula is C22H21FN4O3. The van der Waals surface area contributed by atoms with Crippen LogP contribution in [0, 0.1) is 5.82 Å². The number of rotatable bonds is 6. The van der Waals surface area contributed by atoms with Crippen LogP contribution in [-0.2, 0) is 13.1 Å². The number of benzene rings is 2. The van der Waals surface area contributed by atoms with Crippen LogP contribution in [0.4, 0.5) is 4.39 Å². The van der Waals surface area contributed by atoms with E-state index in [2.05, 4.69) is 20.6 Å². The summed E-state index contributed by atoms with van der Waals surface area (Å²) in [6.45, 7) is 1.38. The summed E-state index contributed by atoms with van der Waals surface area (Å²) in [4.78, 5) is 8.44. The zero-order chi connectivity index (χ0) is 20.8. The topological polar surface area (TPSA) is 77.0 Å². The zero-order valence-corrected chi connectivity index (χ0v) is 16.4. The fourth-order valence-corrected chi connectivity index (χ4v) is 2.88. The molecule has 0 bridgehead atoms. The lowest BCUT2D eigenvalue weighted by molar-refractivity contribution is 0.174. The number of guanidine groups is 1. The Kier molecular flexibility index (Phi) is 5.93. The summed E-state index contributed by atoms with van der Waals surface area (Å²) in [5.74, 6) is 2.82. The molecule has 1 aromatic heterocycles. The van der Waals surface area contributed by atoms with Crippen molar-refractivity contribution in [3.05, 3.63) is 77.7 Å². The summed E-state index contributed by atoms with van der Waals surface area (Å²) >= 11 is 0. The molecule has 1 aliphatic rings. The van der Waals surface area contributed by atoms with Crippen molar-refractivity contribution >= 4 is 5.96 Å². The normalized spacial score (nSPS) is 12.5. The monoisotopic (exact) mass is 408 g/mol. The summed E-state index contributed by atoms with van der Waals surface area (Å²) in [7, 11) is 1.71. The van der Waals surface area contributed by atoms with Crippen molar-refractivity contribution in [2.45, 2.75) is 13.1 Å². The highest BCUT2D eigenvalue weighted by atomic mass is 19.1. The molecule has 7 nitrogen and oxygen atoms in total. The van der Waals surface area contributed by atoms with Crippen LogP contribution in [0.2, 0.25) is 0 Å². The van der Waals surface area contributed by atoms with E-state index in [0.717, 1.165) is 22.6 Å². The van der Waals surface area contributed by atoms with Gasteiger partial charge in [-0.2, -0.15) is 0 Å². The largest absolute Gasteiger partial charge is 0.454 e. The van der Waals surface area contributed by atoms with Gasteiger partial charge in [0, 0.05) is 32.4 Å². The molecule has 2 heterocycles. The first-order chi connectivity index (χ1) is 14.7. The van der Waals surface area contributed by atoms with E-state index in [4.69, 9.17) is 14.2 Å². The number of hydrogen-bond donors (Lipinski definition) is 2. The molecule has 2 N–H and O–H groups in total. The lowest BCUT2D eigenvalue weighted by atomic mass is 10.2. The quantitative estimate of drug-likeness (QED) is 0.479. The average Bonchev–Trinajstić information content (AvgIpc) is 3.24. The first kappa shape index (κ1) is 19.5. The van der Waals surface area contributed by atoms with Gasteiger partial charge in [0.15, 0.2) is 17.5 Å². The van der Waals surface area contributed by atoms with E-state index in [0.29, 0.717) is 30.7 Å². The SMILES string of the molecule is CN=C(NCc1ccnc(Oc2ccc(F)cc2)c1)NCc1ccc2c(c1)OCO2. The third-order valence-electron chi connectivity index (χ3n) is 4.42. The van der Waals surface area contributed by atoms with Gasteiger partial charge in [-0.15, -0.1) is 0 Å². The van der Waals surface area contributed by atoms with Crippen LogP contribution in [0.25, 0.3) is 0 Å². The van der Waals surface area contributed by atoms with Gasteiger partial charge in [0.25, 0.3) is 0 Å². The van der Waals surface area contributed by atoms with Gasteiger partial charge in [0.05, 0.1) is 0 Å². The fraction of sp³-hybridized carbons (Fsp3) is 0.182. The lowest BCUT2D eigenvalue weighted by Gasteiger charge is -2.13. The summed E-state index contributed by atoms with van der Waals surface area (Å²) < 4.78 is 29.4. The number of hydrogen-bond acceptors (Lipinski definition) is 5. The third-order valence-corrected chi connectivity index (χ3v) is 4.42. The fourth-order valence-electron chi connectivity index (χ4n) is 2.88. The Bertz CT molecular complexity index is 1040. The predicted molar refractivity (Wildman–Crippen MR) is 110 cm³/mol. The van der Waals surface area contributed by atoms with Gasteiger partial charge in [-0.05, 0) is 53.6 Å². The molecule has 8 heteroatoms. The molecule has 0 amide bonds. The average molecular weight is 408 g/mol. The van der Waals surface area contributed by atoms with E-state index >= 15 is 0 Å². The van der Waals surface area contributed by atoms with Crippen molar-refractivity contribution in [1.82, 2.24) is 15.6 Å². The number of aromatic nitrogens is 1. The van der Waals surface area contributed by atoms with Gasteiger partial charge in [-0.25, -0.2) is 9.37 Å². The van der Waals surface area contributed by atoms with E-state index in [1.165, 1.54) is 12.1 Å². The standard InChI is InChI=1S/C22H21FN4O3/c1-24-22(26-12-15-2-7-19-20(10-15)29-14-28-19)27-13-16-8-9-25-21(11-16)30-18-5-3-17(23)4-6-18/h2-11H,12-14H2,1H3,(H2,24,26,27). The number of aliphatic imine (C=N–C) groups is 1. The second-order valence-corrected chi connectivity index (χ2v) is 6.53. The van der Waals surface area contributed by atoms with E-state index in [9.17, 15) is 4.39 Å². The molecule has 0 radical (unpaired) electrons. The number of ether oxygens (including phenoxy) is 3. The maximum Gasteiger partial charge on any atom is 0.231 e. The summed E-state index contributed by atoms with van der Waals surface area (Å²) in [5.41, 5.74) is 2.02. The smallest absolute Gasteiger partial charge is 0.231 e. The van der Waals surface area contributed by atoms with Crippen molar-refractivity contribution in [2.75, 3.05) is 13.8 Å². The van der Waals surface area contributed by atoms with E-state index < -0.39 is 0 Å². The molecule has 2 aromatic carbocycles. The molecule has 0 spiro atoms. The maximum atomic E-state index is 13.0. The van der Waals surface area contributed by atoms with Gasteiger partial charge in [-0.1, -0.05) is 6.07 Å². The van der Waals surface area contributed by atoms with Gasteiger partial charge in [0.1, 0.15) is 11.6 Å². The Morgan fingerprint density at radius 3 is 2.50 bits per heavy atom. The Labute approximate surface area is 173 Å². The molecule has 0 atom stereocenters. The van der Waals surface area contributed by atoms with E-state index in [-0.39, 0.29) is 12.6 Å². The minimum absolute atomic E-state index is 0.258. The van der Waals surface area contributed by atoms with Gasteiger partial charge in [0.2, 0.25) is 12.7 Å². The van der Waals surface area contributed by atoms with Crippen LogP contribution >= 0.6 is 0 Å². The number of nitrogens with zero attached hydrogens (tertiary/aromatic N) is 2. The minimum atomic E-state index is -0.312. The van der Waals surface area contributed by atoms with Crippen molar-refractivity contribution < 1.29 is 18.6 Å². The molecule has 0 aliphatic carbocycles. The summed E-state index contributed by atoms with van der Waals surface area (Å²) in [5, 5.41) is 6.52. The third kappa shape index (κ3) is 4.96.